The molecule has 0 amide bonds. The molecule has 0 bridgehead atoms. The predicted molar refractivity (Wildman–Crippen MR) is 103 cm³/mol. The summed E-state index contributed by atoms with van der Waals surface area (Å²) < 4.78 is 0. The van der Waals surface area contributed by atoms with E-state index in [1.165, 1.54) is 89.9 Å². The number of hydrogen-bond acceptors (Lipinski definition) is 0. The molecule has 0 nitrogen and oxygen atoms in total. The quantitative estimate of drug-likeness (QED) is 0.251. The van der Waals surface area contributed by atoms with Gasteiger partial charge in [0.2, 0.25) is 0 Å². The maximum Gasteiger partial charge on any atom is -0.0417 e. The van der Waals surface area contributed by atoms with Crippen molar-refractivity contribution in [3.05, 3.63) is 0 Å². The molecule has 2 unspecified atom stereocenters. The lowest BCUT2D eigenvalue weighted by Gasteiger charge is -2.19. The van der Waals surface area contributed by atoms with Crippen molar-refractivity contribution >= 4 is 0 Å². The van der Waals surface area contributed by atoms with Crippen molar-refractivity contribution in [3.63, 3.8) is 0 Å². The second-order valence-corrected chi connectivity index (χ2v) is 8.25. The summed E-state index contributed by atoms with van der Waals surface area (Å²) in [6.45, 7) is 11.9. The molecule has 0 saturated heterocycles. The van der Waals surface area contributed by atoms with Gasteiger partial charge in [0.25, 0.3) is 0 Å². The highest BCUT2D eigenvalue weighted by atomic mass is 14.2. The Morgan fingerprint density at radius 1 is 0.455 bits per heavy atom. The van der Waals surface area contributed by atoms with Crippen molar-refractivity contribution in [2.24, 2.45) is 17.8 Å². The Morgan fingerprint density at radius 2 is 0.818 bits per heavy atom. The molecular weight excluding hydrogens is 264 g/mol. The highest BCUT2D eigenvalue weighted by molar-refractivity contribution is 4.63. The zero-order chi connectivity index (χ0) is 16.6. The standard InChI is InChI=1S/C22H46/c1-6-7-14-18-21(4)22(5)19-16-13-11-9-8-10-12-15-17-20(2)3/h20-22H,6-19H2,1-5H3. The average molecular weight is 311 g/mol. The lowest BCUT2D eigenvalue weighted by atomic mass is 9.87. The van der Waals surface area contributed by atoms with Gasteiger partial charge in [-0.05, 0) is 17.8 Å². The van der Waals surface area contributed by atoms with Crippen LogP contribution in [0.1, 0.15) is 125 Å². The summed E-state index contributed by atoms with van der Waals surface area (Å²) in [6, 6.07) is 0. The van der Waals surface area contributed by atoms with Crippen molar-refractivity contribution in [1.29, 1.82) is 0 Å². The second-order valence-electron chi connectivity index (χ2n) is 8.25. The van der Waals surface area contributed by atoms with E-state index in [9.17, 15) is 0 Å². The minimum absolute atomic E-state index is 0.895. The van der Waals surface area contributed by atoms with Crippen LogP contribution in [0.4, 0.5) is 0 Å². The largest absolute Gasteiger partial charge is 0.0654 e. The molecule has 0 spiro atoms. The van der Waals surface area contributed by atoms with E-state index in [-0.39, 0.29) is 0 Å². The molecule has 0 heteroatoms. The minimum Gasteiger partial charge on any atom is -0.0654 e. The molecule has 0 aromatic carbocycles. The van der Waals surface area contributed by atoms with Crippen molar-refractivity contribution in [3.8, 4) is 0 Å². The first kappa shape index (κ1) is 22.0. The number of hydrogen-bond donors (Lipinski definition) is 0. The SMILES string of the molecule is CCCCCC(C)C(C)CCCCCCCCCCC(C)C. The van der Waals surface area contributed by atoms with Crippen molar-refractivity contribution in [2.45, 2.75) is 125 Å². The number of unbranched alkanes of at least 4 members (excludes halogenated alkanes) is 9. The fourth-order valence-corrected chi connectivity index (χ4v) is 3.36. The van der Waals surface area contributed by atoms with E-state index >= 15 is 0 Å². The molecule has 22 heavy (non-hydrogen) atoms. The summed E-state index contributed by atoms with van der Waals surface area (Å²) in [5, 5.41) is 0. The maximum absolute atomic E-state index is 2.48. The summed E-state index contributed by atoms with van der Waals surface area (Å²) in [5.74, 6) is 2.77. The molecule has 0 aromatic heterocycles. The molecule has 0 N–H and O–H groups in total. The van der Waals surface area contributed by atoms with Crippen LogP contribution in [0.3, 0.4) is 0 Å². The summed E-state index contributed by atoms with van der Waals surface area (Å²) >= 11 is 0. The molecule has 0 fully saturated rings. The van der Waals surface area contributed by atoms with Crippen LogP contribution in [-0.4, -0.2) is 0 Å². The van der Waals surface area contributed by atoms with Crippen molar-refractivity contribution in [1.82, 2.24) is 0 Å². The zero-order valence-corrected chi connectivity index (χ0v) is 16.6. The first-order chi connectivity index (χ1) is 10.6. The first-order valence-corrected chi connectivity index (χ1v) is 10.6. The molecule has 134 valence electrons. The van der Waals surface area contributed by atoms with Gasteiger partial charge in [-0.2, -0.15) is 0 Å². The van der Waals surface area contributed by atoms with Gasteiger partial charge in [0.15, 0.2) is 0 Å². The Labute approximate surface area is 142 Å². The van der Waals surface area contributed by atoms with Gasteiger partial charge in [0.05, 0.1) is 0 Å². The van der Waals surface area contributed by atoms with Gasteiger partial charge in [-0.25, -0.2) is 0 Å². The van der Waals surface area contributed by atoms with Crippen LogP contribution in [0.15, 0.2) is 0 Å². The lowest BCUT2D eigenvalue weighted by Crippen LogP contribution is -2.08. The second kappa shape index (κ2) is 15.9. The van der Waals surface area contributed by atoms with Crippen LogP contribution in [0.2, 0.25) is 0 Å². The van der Waals surface area contributed by atoms with Gasteiger partial charge >= 0.3 is 0 Å². The van der Waals surface area contributed by atoms with Crippen LogP contribution in [0.5, 0.6) is 0 Å². The normalized spacial score (nSPS) is 14.5. The number of rotatable bonds is 16. The average Bonchev–Trinajstić information content (AvgIpc) is 2.48. The zero-order valence-electron chi connectivity index (χ0n) is 16.6. The summed E-state index contributed by atoms with van der Waals surface area (Å²) in [5.41, 5.74) is 0. The molecule has 0 aromatic rings. The summed E-state index contributed by atoms with van der Waals surface area (Å²) in [4.78, 5) is 0. The maximum atomic E-state index is 2.48. The van der Waals surface area contributed by atoms with E-state index in [1.54, 1.807) is 0 Å². The van der Waals surface area contributed by atoms with E-state index < -0.39 is 0 Å². The Balaban J connectivity index is 3.27. The van der Waals surface area contributed by atoms with Crippen LogP contribution >= 0.6 is 0 Å². The van der Waals surface area contributed by atoms with Crippen molar-refractivity contribution in [2.75, 3.05) is 0 Å². The molecule has 0 aliphatic heterocycles. The van der Waals surface area contributed by atoms with E-state index in [2.05, 4.69) is 34.6 Å². The molecule has 0 radical (unpaired) electrons. The lowest BCUT2D eigenvalue weighted by molar-refractivity contribution is 0.323. The Morgan fingerprint density at radius 3 is 1.23 bits per heavy atom. The molecular formula is C22H46. The van der Waals surface area contributed by atoms with Gasteiger partial charge in [0, 0.05) is 0 Å². The van der Waals surface area contributed by atoms with Crippen LogP contribution in [-0.2, 0) is 0 Å². The van der Waals surface area contributed by atoms with Gasteiger partial charge < -0.3 is 0 Å². The molecule has 0 heterocycles. The monoisotopic (exact) mass is 310 g/mol. The minimum atomic E-state index is 0.895. The third kappa shape index (κ3) is 14.9. The van der Waals surface area contributed by atoms with Crippen molar-refractivity contribution < 1.29 is 0 Å². The van der Waals surface area contributed by atoms with Crippen LogP contribution in [0, 0.1) is 17.8 Å². The summed E-state index contributed by atoms with van der Waals surface area (Å²) in [7, 11) is 0. The summed E-state index contributed by atoms with van der Waals surface area (Å²) in [6.07, 6.45) is 20.3. The highest BCUT2D eigenvalue weighted by Crippen LogP contribution is 2.24. The molecule has 0 saturated carbocycles. The smallest absolute Gasteiger partial charge is 0.0417 e. The van der Waals surface area contributed by atoms with Gasteiger partial charge in [-0.3, -0.25) is 0 Å². The third-order valence-electron chi connectivity index (χ3n) is 5.43. The Kier molecular flexibility index (Phi) is 15.9. The topological polar surface area (TPSA) is 0 Å². The Hall–Kier alpha value is 0. The molecule has 0 rings (SSSR count). The van der Waals surface area contributed by atoms with Gasteiger partial charge in [-0.15, -0.1) is 0 Å². The first-order valence-electron chi connectivity index (χ1n) is 10.6. The van der Waals surface area contributed by atoms with Gasteiger partial charge in [0.1, 0.15) is 0 Å². The molecule has 0 aliphatic rings. The van der Waals surface area contributed by atoms with Crippen LogP contribution in [0.25, 0.3) is 0 Å². The fraction of sp³-hybridized carbons (Fsp3) is 1.00. The Bertz CT molecular complexity index is 206. The molecule has 2 atom stereocenters. The van der Waals surface area contributed by atoms with E-state index in [4.69, 9.17) is 0 Å². The highest BCUT2D eigenvalue weighted by Gasteiger charge is 2.11. The van der Waals surface area contributed by atoms with E-state index in [0.717, 1.165) is 17.8 Å². The fourth-order valence-electron chi connectivity index (χ4n) is 3.36. The third-order valence-corrected chi connectivity index (χ3v) is 5.43. The molecule has 0 aliphatic carbocycles. The van der Waals surface area contributed by atoms with Crippen LogP contribution < -0.4 is 0 Å². The van der Waals surface area contributed by atoms with E-state index in [0.29, 0.717) is 0 Å². The van der Waals surface area contributed by atoms with Gasteiger partial charge in [-0.1, -0.05) is 125 Å². The van der Waals surface area contributed by atoms with E-state index in [1.807, 2.05) is 0 Å². The predicted octanol–water partition coefficient (Wildman–Crippen LogP) is 8.40.